The molecule has 0 amide bonds. The van der Waals surface area contributed by atoms with Crippen LogP contribution in [0, 0.1) is 0 Å². The Kier molecular flexibility index (Phi) is 2.87. The summed E-state index contributed by atoms with van der Waals surface area (Å²) in [5.41, 5.74) is 4.26. The van der Waals surface area contributed by atoms with Gasteiger partial charge >= 0.3 is 0 Å². The van der Waals surface area contributed by atoms with Crippen LogP contribution in [0.25, 0.3) is 0 Å². The number of hydrogen-bond acceptors (Lipinski definition) is 2. The number of alkyl halides is 3. The number of aromatic amines is 1. The predicted octanol–water partition coefficient (Wildman–Crippen LogP) is 1.63. The molecule has 0 spiro atoms. The van der Waals surface area contributed by atoms with Gasteiger partial charge in [-0.1, -0.05) is 0 Å². The quantitative estimate of drug-likeness (QED) is 0.726. The van der Waals surface area contributed by atoms with Crippen molar-refractivity contribution in [2.75, 3.05) is 5.73 Å². The summed E-state index contributed by atoms with van der Waals surface area (Å²) in [5.74, 6) is -0.151. The zero-order valence-electron chi connectivity index (χ0n) is 6.48. The third kappa shape index (κ3) is 1.98. The number of aromatic nitrogens is 1. The minimum atomic E-state index is -2.77. The molecule has 0 aromatic carbocycles. The van der Waals surface area contributed by atoms with Crippen molar-refractivity contribution in [2.24, 2.45) is 0 Å². The molecule has 1 aromatic heterocycles. The number of halogens is 3. The molecule has 6 heteroatoms. The summed E-state index contributed by atoms with van der Waals surface area (Å²) in [6.45, 7) is 0. The van der Waals surface area contributed by atoms with E-state index in [1.807, 2.05) is 4.98 Å². The van der Waals surface area contributed by atoms with Gasteiger partial charge in [0.25, 0.3) is 6.43 Å². The lowest BCUT2D eigenvalue weighted by Gasteiger charge is -2.07. The van der Waals surface area contributed by atoms with Crippen LogP contribution in [0.1, 0.15) is 17.7 Å². The minimum Gasteiger partial charge on any atom is -0.398 e. The van der Waals surface area contributed by atoms with Crippen molar-refractivity contribution >= 4 is 17.3 Å². The fourth-order valence-corrected chi connectivity index (χ4v) is 1.26. The van der Waals surface area contributed by atoms with Crippen molar-refractivity contribution in [1.29, 1.82) is 0 Å². The van der Waals surface area contributed by atoms with Crippen molar-refractivity contribution in [3.8, 4) is 0 Å². The second-order valence-electron chi connectivity index (χ2n) is 2.42. The summed E-state index contributed by atoms with van der Waals surface area (Å²) in [4.78, 5) is 12.8. The van der Waals surface area contributed by atoms with Crippen molar-refractivity contribution in [1.82, 2.24) is 4.98 Å². The molecule has 3 nitrogen and oxygen atoms in total. The zero-order chi connectivity index (χ0) is 10.0. The van der Waals surface area contributed by atoms with Crippen LogP contribution in [0.3, 0.4) is 0 Å². The number of nitrogens with two attached hydrogens (primary N) is 1. The third-order valence-corrected chi connectivity index (χ3v) is 1.84. The van der Waals surface area contributed by atoms with Crippen molar-refractivity contribution < 1.29 is 8.78 Å². The Bertz CT molecular complexity index is 364. The molecule has 0 fully saturated rings. The first-order chi connectivity index (χ1) is 6.06. The molecule has 0 atom stereocenters. The second kappa shape index (κ2) is 3.74. The Labute approximate surface area is 77.5 Å². The Morgan fingerprint density at radius 2 is 2.23 bits per heavy atom. The number of hydrogen-bond donors (Lipinski definition) is 2. The standard InChI is InChI=1S/C7H7ClF2N2O/c8-2-3-4(11)1-5(13)12-6(3)7(9)10/h1,7H,2H2,(H3,11,12,13). The van der Waals surface area contributed by atoms with Crippen LogP contribution in [-0.4, -0.2) is 4.98 Å². The summed E-state index contributed by atoms with van der Waals surface area (Å²) in [6.07, 6.45) is -2.77. The highest BCUT2D eigenvalue weighted by molar-refractivity contribution is 6.17. The smallest absolute Gasteiger partial charge is 0.278 e. The Balaban J connectivity index is 3.38. The molecule has 0 aliphatic carbocycles. The van der Waals surface area contributed by atoms with E-state index >= 15 is 0 Å². The maximum Gasteiger partial charge on any atom is 0.278 e. The first kappa shape index (κ1) is 9.98. The van der Waals surface area contributed by atoms with Crippen LogP contribution < -0.4 is 11.3 Å². The molecule has 0 saturated heterocycles. The molecule has 0 radical (unpaired) electrons. The van der Waals surface area contributed by atoms with Gasteiger partial charge in [0.15, 0.2) is 0 Å². The lowest BCUT2D eigenvalue weighted by Crippen LogP contribution is -2.13. The van der Waals surface area contributed by atoms with Crippen molar-refractivity contribution in [3.05, 3.63) is 27.7 Å². The van der Waals surface area contributed by atoms with Crippen LogP contribution in [0.2, 0.25) is 0 Å². The lowest BCUT2D eigenvalue weighted by atomic mass is 10.2. The number of nitrogens with one attached hydrogen (secondary N) is 1. The van der Waals surface area contributed by atoms with Crippen LogP contribution >= 0.6 is 11.6 Å². The van der Waals surface area contributed by atoms with E-state index in [2.05, 4.69) is 0 Å². The number of rotatable bonds is 2. The van der Waals surface area contributed by atoms with Crippen LogP contribution in [0.15, 0.2) is 10.9 Å². The van der Waals surface area contributed by atoms with Gasteiger partial charge in [-0.3, -0.25) is 4.79 Å². The summed E-state index contributed by atoms with van der Waals surface area (Å²) in [5, 5.41) is 0. The van der Waals surface area contributed by atoms with E-state index < -0.39 is 17.7 Å². The molecule has 0 saturated carbocycles. The highest BCUT2D eigenvalue weighted by atomic mass is 35.5. The normalized spacial score (nSPS) is 10.8. The van der Waals surface area contributed by atoms with E-state index in [1.54, 1.807) is 0 Å². The first-order valence-electron chi connectivity index (χ1n) is 3.42. The SMILES string of the molecule is Nc1cc(=O)[nH]c(C(F)F)c1CCl. The molecule has 3 N–H and O–H groups in total. The molecule has 1 aromatic rings. The fraction of sp³-hybridized carbons (Fsp3) is 0.286. The number of H-pyrrole nitrogens is 1. The minimum absolute atomic E-state index is 0.00551. The van der Waals surface area contributed by atoms with Gasteiger partial charge in [-0.25, -0.2) is 8.78 Å². The largest absolute Gasteiger partial charge is 0.398 e. The molecule has 1 heterocycles. The third-order valence-electron chi connectivity index (χ3n) is 1.57. The van der Waals surface area contributed by atoms with Gasteiger partial charge in [-0.15, -0.1) is 11.6 Å². The average molecular weight is 209 g/mol. The average Bonchev–Trinajstić information content (AvgIpc) is 2.02. The molecule has 1 rings (SSSR count). The topological polar surface area (TPSA) is 58.9 Å². The molecular weight excluding hydrogens is 202 g/mol. The van der Waals surface area contributed by atoms with Gasteiger partial charge in [0.2, 0.25) is 5.56 Å². The van der Waals surface area contributed by atoms with Crippen LogP contribution in [-0.2, 0) is 5.88 Å². The molecule has 72 valence electrons. The Morgan fingerprint density at radius 3 is 2.69 bits per heavy atom. The highest BCUT2D eigenvalue weighted by Gasteiger charge is 2.15. The maximum atomic E-state index is 12.3. The number of nitrogen functional groups attached to an aromatic ring is 1. The molecule has 0 aliphatic heterocycles. The molecular formula is C7H7ClF2N2O. The van der Waals surface area contributed by atoms with Crippen LogP contribution in [0.4, 0.5) is 14.5 Å². The van der Waals surface area contributed by atoms with E-state index in [0.717, 1.165) is 6.07 Å². The molecule has 0 aliphatic rings. The zero-order valence-corrected chi connectivity index (χ0v) is 7.24. The Morgan fingerprint density at radius 1 is 1.62 bits per heavy atom. The summed E-state index contributed by atoms with van der Waals surface area (Å²) in [7, 11) is 0. The van der Waals surface area contributed by atoms with Gasteiger partial charge in [0, 0.05) is 17.3 Å². The fourth-order valence-electron chi connectivity index (χ4n) is 0.964. The van der Waals surface area contributed by atoms with Gasteiger partial charge in [0.1, 0.15) is 0 Å². The monoisotopic (exact) mass is 208 g/mol. The van der Waals surface area contributed by atoms with Crippen molar-refractivity contribution in [2.45, 2.75) is 12.3 Å². The second-order valence-corrected chi connectivity index (χ2v) is 2.68. The number of anilines is 1. The lowest BCUT2D eigenvalue weighted by molar-refractivity contribution is 0.145. The maximum absolute atomic E-state index is 12.3. The molecule has 0 bridgehead atoms. The van der Waals surface area contributed by atoms with Gasteiger partial charge in [0.05, 0.1) is 11.6 Å². The summed E-state index contributed by atoms with van der Waals surface area (Å²) >= 11 is 5.40. The predicted molar refractivity (Wildman–Crippen MR) is 46.0 cm³/mol. The van der Waals surface area contributed by atoms with Gasteiger partial charge in [-0.05, 0) is 0 Å². The molecule has 0 unspecified atom stereocenters. The highest BCUT2D eigenvalue weighted by Crippen LogP contribution is 2.24. The first-order valence-corrected chi connectivity index (χ1v) is 3.95. The van der Waals surface area contributed by atoms with E-state index in [9.17, 15) is 13.6 Å². The number of pyridine rings is 1. The molecule has 13 heavy (non-hydrogen) atoms. The van der Waals surface area contributed by atoms with E-state index in [1.165, 1.54) is 0 Å². The summed E-state index contributed by atoms with van der Waals surface area (Å²) in [6, 6.07) is 1.03. The van der Waals surface area contributed by atoms with Gasteiger partial charge < -0.3 is 10.7 Å². The van der Waals surface area contributed by atoms with E-state index in [-0.39, 0.29) is 17.1 Å². The summed E-state index contributed by atoms with van der Waals surface area (Å²) < 4.78 is 24.6. The Hall–Kier alpha value is -1.10. The van der Waals surface area contributed by atoms with E-state index in [0.29, 0.717) is 0 Å². The van der Waals surface area contributed by atoms with E-state index in [4.69, 9.17) is 17.3 Å². The van der Waals surface area contributed by atoms with Crippen LogP contribution in [0.5, 0.6) is 0 Å². The van der Waals surface area contributed by atoms with Gasteiger partial charge in [-0.2, -0.15) is 0 Å². The van der Waals surface area contributed by atoms with Crippen molar-refractivity contribution in [3.63, 3.8) is 0 Å².